The zero-order chi connectivity index (χ0) is 87.4. The van der Waals surface area contributed by atoms with Gasteiger partial charge in [-0.1, -0.05) is 249 Å². The highest BCUT2D eigenvalue weighted by molar-refractivity contribution is 6.72. The highest BCUT2D eigenvalue weighted by Gasteiger charge is 2.54. The highest BCUT2D eigenvalue weighted by Crippen LogP contribution is 2.62. The number of fused-ring (bicyclic) bond motifs is 14. The zero-order valence-electron chi connectivity index (χ0n) is 70.3. The van der Waals surface area contributed by atoms with E-state index in [2.05, 4.69) is 303 Å². The maximum atomic E-state index is 13.4. The number of hydrogen-bond acceptors (Lipinski definition) is 8. The van der Waals surface area contributed by atoms with Crippen molar-refractivity contribution in [3.63, 3.8) is 0 Å². The summed E-state index contributed by atoms with van der Waals surface area (Å²) in [5.41, 5.74) is 26.7. The van der Waals surface area contributed by atoms with Gasteiger partial charge in [-0.2, -0.15) is 0 Å². The van der Waals surface area contributed by atoms with Crippen LogP contribution in [0.4, 0.5) is 0 Å². The highest BCUT2D eigenvalue weighted by atomic mass is 35.5. The van der Waals surface area contributed by atoms with E-state index in [1.54, 1.807) is 48.5 Å². The van der Waals surface area contributed by atoms with Gasteiger partial charge in [-0.25, -0.2) is 0 Å². The predicted molar refractivity (Wildman–Crippen MR) is 519 cm³/mol. The zero-order valence-corrected chi connectivity index (χ0v) is 71.9. The monoisotopic (exact) mass is 1710 g/mol. The Balaban J connectivity index is 0.0000000987. The quantitative estimate of drug-likeness (QED) is 0.117. The number of aliphatic hydroxyl groups is 3. The summed E-state index contributed by atoms with van der Waals surface area (Å²) in [6, 6.07) is 127. The Kier molecular flexibility index (Phi) is 19.0. The van der Waals surface area contributed by atoms with E-state index in [-0.39, 0.29) is 35.2 Å². The van der Waals surface area contributed by atoms with E-state index in [9.17, 15) is 34.5 Å². The van der Waals surface area contributed by atoms with E-state index in [1.807, 2.05) is 14.0 Å². The summed E-state index contributed by atoms with van der Waals surface area (Å²) < 4.78 is 6.25. The number of carbonyl (C=O) groups is 4. The summed E-state index contributed by atoms with van der Waals surface area (Å²) in [7, 11) is 1.83. The van der Waals surface area contributed by atoms with Gasteiger partial charge in [0.25, 0.3) is 10.5 Å². The molecule has 10 heteroatoms. The average Bonchev–Trinajstić information content (AvgIpc) is 0.672. The van der Waals surface area contributed by atoms with Gasteiger partial charge in [-0.15, -0.1) is 0 Å². The van der Waals surface area contributed by atoms with Gasteiger partial charge in [0.1, 0.15) is 17.3 Å². The minimum absolute atomic E-state index is 0.0293. The summed E-state index contributed by atoms with van der Waals surface area (Å²) in [6.45, 7) is 1.69. The van der Waals surface area contributed by atoms with E-state index in [4.69, 9.17) is 27.9 Å². The fourth-order valence-corrected chi connectivity index (χ4v) is 22.4. The minimum atomic E-state index is -1.27. The molecule has 0 spiro atoms. The lowest BCUT2D eigenvalue weighted by Gasteiger charge is -2.49. The predicted octanol–water partition coefficient (Wildman–Crippen LogP) is 26.3. The largest absolute Gasteiger partial charge is 0.392 e. The lowest BCUT2D eigenvalue weighted by molar-refractivity contribution is 0.0493. The van der Waals surface area contributed by atoms with Crippen LogP contribution in [0.3, 0.4) is 0 Å². The van der Waals surface area contributed by atoms with Crippen LogP contribution >= 0.6 is 23.2 Å². The number of hydrogen-bond donors (Lipinski definition) is 3. The number of carbonyl (C=O) groups excluding carboxylic acids is 4. The summed E-state index contributed by atoms with van der Waals surface area (Å²) in [5.74, 6) is 0.0694. The molecule has 0 heterocycles. The van der Waals surface area contributed by atoms with Crippen LogP contribution in [0.5, 0.6) is 0 Å². The first-order chi connectivity index (χ1) is 63.0. The molecule has 29 rings (SSSR count). The van der Waals surface area contributed by atoms with Crippen LogP contribution in [-0.2, 0) is 41.8 Å². The molecule has 0 saturated heterocycles. The van der Waals surface area contributed by atoms with Crippen molar-refractivity contribution in [3.05, 3.63) is 520 Å². The van der Waals surface area contributed by atoms with Gasteiger partial charge in [0.15, 0.2) is 11.6 Å². The second-order valence-corrected chi connectivity index (χ2v) is 35.8. The van der Waals surface area contributed by atoms with Gasteiger partial charge in [0.2, 0.25) is 0 Å². The van der Waals surface area contributed by atoms with Crippen LogP contribution in [0.2, 0.25) is 0 Å². The summed E-state index contributed by atoms with van der Waals surface area (Å²) in [5, 5.41) is 52.1. The van der Waals surface area contributed by atoms with Crippen molar-refractivity contribution in [1.82, 2.24) is 0 Å². The standard InChI is InChI=1S/C44H26O.C30H22O.C21H16O.C16H12O3.C8H4Cl2O2/c45-44-40-22-34-16-28-10-4-1-7-25(28)13-31(34)19-37(40)43(38-20-32-14-26-8-2-5-11-29(26)17-35(32)23-41(38)44)39-21-33-15-27-9-3-6-12-30(27)18-36(33)24-42(39)44;31-30-28-16-24-11-20-7-3-1-5-18(20)9-22(24)13-26(28)15-27-14-23-10-19-6-2-4-8-21(19)12-25(23)17-29(27)30;1-22-21-17-11-5-2-8-14(17)20(15-9-3-6-12-18(15)21)16-10-4-7-13-19(16)21;1-9-6-13-14(7-10(9)8-17)16(19)12-5-3-2-4-11(12)15(13)18;9-7(11)5-3-1-2-4-6(5)8(10)12/h1-24,43,45H;1-9,11,13-14,16-17,30-31H,10,12,15H2;2-13,20H,1H3;2-7,17H,8H2,1H3;1-4H. The molecule has 9 aliphatic carbocycles. The van der Waals surface area contributed by atoms with Crippen LogP contribution < -0.4 is 0 Å². The number of halogens is 2. The number of ketones is 2. The second kappa shape index (κ2) is 31.0. The Hall–Kier alpha value is -14.4. The molecule has 4 bridgehead atoms. The Morgan fingerprint density at radius 3 is 1.00 bits per heavy atom. The van der Waals surface area contributed by atoms with Crippen LogP contribution in [0.25, 0.3) is 86.2 Å². The molecule has 1 atom stereocenters. The topological polar surface area (TPSA) is 138 Å². The molecule has 0 amide bonds. The summed E-state index contributed by atoms with van der Waals surface area (Å²) in [4.78, 5) is 46.2. The number of ether oxygens (including phenoxy) is 1. The fraction of sp³-hybridized carbons (Fsp3) is 0.0924. The summed E-state index contributed by atoms with van der Waals surface area (Å²) in [6.07, 6.45) is 2.28. The second-order valence-electron chi connectivity index (χ2n) is 35.1. The van der Waals surface area contributed by atoms with E-state index < -0.39 is 27.8 Å². The number of aliphatic hydroxyl groups excluding tert-OH is 2. The molecule has 0 radical (unpaired) electrons. The number of rotatable bonds is 4. The van der Waals surface area contributed by atoms with Crippen molar-refractivity contribution in [2.24, 2.45) is 0 Å². The molecule has 129 heavy (non-hydrogen) atoms. The molecule has 9 aliphatic rings. The molecule has 20 aromatic rings. The van der Waals surface area contributed by atoms with Crippen LogP contribution in [0, 0.1) is 6.92 Å². The molecule has 3 N–H and O–H groups in total. The number of benzene rings is 20. The van der Waals surface area contributed by atoms with Gasteiger partial charge in [-0.3, -0.25) is 19.2 Å². The first-order valence-corrected chi connectivity index (χ1v) is 44.5. The van der Waals surface area contributed by atoms with Gasteiger partial charge >= 0.3 is 0 Å². The third kappa shape index (κ3) is 12.8. The average molecular weight is 1710 g/mol. The number of methoxy groups -OCH3 is 1. The van der Waals surface area contributed by atoms with Crippen molar-refractivity contribution >= 4 is 131 Å². The third-order valence-corrected chi connectivity index (χ3v) is 28.6. The van der Waals surface area contributed by atoms with E-state index in [0.717, 1.165) is 68.8 Å². The molecule has 1 unspecified atom stereocenters. The molecular formula is C119H80Cl2O8. The molecular weight excluding hydrogens is 1630 g/mol. The lowest BCUT2D eigenvalue weighted by Crippen LogP contribution is -2.43. The molecule has 0 fully saturated rings. The maximum Gasteiger partial charge on any atom is 0.253 e. The molecule has 0 saturated carbocycles. The van der Waals surface area contributed by atoms with Crippen LogP contribution in [0.1, 0.15) is 193 Å². The summed E-state index contributed by atoms with van der Waals surface area (Å²) >= 11 is 10.4. The maximum absolute atomic E-state index is 13.4. The van der Waals surface area contributed by atoms with Crippen molar-refractivity contribution < 1.29 is 39.2 Å². The van der Waals surface area contributed by atoms with Crippen molar-refractivity contribution in [2.75, 3.05) is 7.11 Å². The SMILES string of the molecule is COC12c3ccccc3C(c3ccccc31)c1ccccc12.Cc1cc2c(cc1CO)C(=O)c1ccccc1C2=O.O=C(Cl)c1ccccc1C(=O)Cl.OC12c3cc4cc5ccccc5cc4cc3C(c3cc4cc5ccccc5cc4cc31)c1cc3cc4ccccc4cc3cc12.OC1c2cc3c(cc2Cc2cc4cc5ccccc5cc4cc21)Cc1ccccc1C3. The Labute approximate surface area is 754 Å². The Morgan fingerprint density at radius 2 is 0.612 bits per heavy atom. The first kappa shape index (κ1) is 79.2. The van der Waals surface area contributed by atoms with E-state index in [1.165, 1.54) is 166 Å². The van der Waals surface area contributed by atoms with E-state index >= 15 is 0 Å². The van der Waals surface area contributed by atoms with Gasteiger partial charge in [-0.05, 0) is 373 Å². The number of aryl methyl sites for hydroxylation is 1. The molecule has 0 aromatic heterocycles. The minimum Gasteiger partial charge on any atom is -0.392 e. The molecule has 20 aromatic carbocycles. The normalized spacial score (nSPS) is 17.2. The van der Waals surface area contributed by atoms with Crippen LogP contribution in [-0.4, -0.2) is 44.5 Å². The van der Waals surface area contributed by atoms with Gasteiger partial charge < -0.3 is 20.1 Å². The smallest absolute Gasteiger partial charge is 0.253 e. The third-order valence-electron chi connectivity index (χ3n) is 28.2. The molecule has 8 nitrogen and oxygen atoms in total. The van der Waals surface area contributed by atoms with Crippen molar-refractivity contribution in [2.45, 2.75) is 61.9 Å². The Morgan fingerprint density at radius 1 is 0.310 bits per heavy atom. The fourth-order valence-electron chi connectivity index (χ4n) is 22.0. The van der Waals surface area contributed by atoms with E-state index in [0.29, 0.717) is 33.7 Å². The Bertz CT molecular complexity index is 7830. The van der Waals surface area contributed by atoms with Crippen molar-refractivity contribution in [1.29, 1.82) is 0 Å². The molecule has 618 valence electrons. The first-order valence-electron chi connectivity index (χ1n) is 43.7. The lowest BCUT2D eigenvalue weighted by atomic mass is 9.57. The van der Waals surface area contributed by atoms with Gasteiger partial charge in [0, 0.05) is 52.3 Å². The van der Waals surface area contributed by atoms with Crippen LogP contribution in [0.15, 0.2) is 364 Å². The van der Waals surface area contributed by atoms with Crippen molar-refractivity contribution in [3.8, 4) is 0 Å². The molecule has 0 aliphatic heterocycles. The van der Waals surface area contributed by atoms with Gasteiger partial charge in [0.05, 0.1) is 6.61 Å².